The van der Waals surface area contributed by atoms with Gasteiger partial charge >= 0.3 is 0 Å². The van der Waals surface area contributed by atoms with Crippen LogP contribution in [0.25, 0.3) is 0 Å². The second-order valence-corrected chi connectivity index (χ2v) is 8.36. The number of guanidine groups is 1. The van der Waals surface area contributed by atoms with Crippen molar-refractivity contribution in [3.05, 3.63) is 0 Å². The van der Waals surface area contributed by atoms with Crippen LogP contribution in [0.3, 0.4) is 0 Å². The van der Waals surface area contributed by atoms with Crippen molar-refractivity contribution in [2.75, 3.05) is 38.5 Å². The monoisotopic (exact) mass is 452 g/mol. The molecular weight excluding hydrogens is 419 g/mol. The van der Waals surface area contributed by atoms with E-state index >= 15 is 0 Å². The van der Waals surface area contributed by atoms with Crippen LogP contribution in [0, 0.1) is 5.92 Å². The Balaban J connectivity index is 0.00000192. The van der Waals surface area contributed by atoms with Crippen molar-refractivity contribution in [1.82, 2.24) is 15.5 Å². The van der Waals surface area contributed by atoms with Gasteiger partial charge in [-0.05, 0) is 57.1 Å². The van der Waals surface area contributed by atoms with Crippen molar-refractivity contribution in [3.63, 3.8) is 0 Å². The summed E-state index contributed by atoms with van der Waals surface area (Å²) in [7, 11) is 0. The lowest BCUT2D eigenvalue weighted by atomic mass is 10.2. The molecular formula is C17H33IN4S. The molecule has 0 aromatic rings. The van der Waals surface area contributed by atoms with Gasteiger partial charge in [-0.2, -0.15) is 11.8 Å². The largest absolute Gasteiger partial charge is 0.357 e. The second kappa shape index (κ2) is 10.3. The molecule has 3 fully saturated rings. The van der Waals surface area contributed by atoms with Crippen LogP contribution in [-0.4, -0.2) is 60.6 Å². The van der Waals surface area contributed by atoms with E-state index in [1.54, 1.807) is 0 Å². The zero-order valence-electron chi connectivity index (χ0n) is 14.4. The molecule has 1 atom stereocenters. The summed E-state index contributed by atoms with van der Waals surface area (Å²) in [4.78, 5) is 7.49. The van der Waals surface area contributed by atoms with Crippen LogP contribution in [0.1, 0.15) is 45.4 Å². The fraction of sp³-hybridized carbons (Fsp3) is 0.941. The van der Waals surface area contributed by atoms with Crippen molar-refractivity contribution in [3.8, 4) is 0 Å². The zero-order chi connectivity index (χ0) is 15.2. The summed E-state index contributed by atoms with van der Waals surface area (Å²) in [6.45, 7) is 7.58. The lowest BCUT2D eigenvalue weighted by Gasteiger charge is -2.22. The molecule has 1 saturated heterocycles. The van der Waals surface area contributed by atoms with Crippen LogP contribution in [0.4, 0.5) is 0 Å². The second-order valence-electron chi connectivity index (χ2n) is 6.95. The average molecular weight is 452 g/mol. The normalized spacial score (nSPS) is 24.6. The molecule has 0 aromatic heterocycles. The molecule has 0 aromatic carbocycles. The van der Waals surface area contributed by atoms with Gasteiger partial charge in [-0.25, -0.2) is 0 Å². The molecule has 3 rings (SSSR count). The molecule has 2 N–H and O–H groups in total. The Hall–Kier alpha value is 0.310. The number of thioether (sulfide) groups is 1. The maximum Gasteiger partial charge on any atom is 0.191 e. The van der Waals surface area contributed by atoms with Gasteiger partial charge in [0.1, 0.15) is 0 Å². The quantitative estimate of drug-likeness (QED) is 0.321. The number of rotatable bonds is 9. The Morgan fingerprint density at radius 1 is 1.17 bits per heavy atom. The van der Waals surface area contributed by atoms with Crippen LogP contribution in [0.2, 0.25) is 0 Å². The van der Waals surface area contributed by atoms with Crippen LogP contribution in [-0.2, 0) is 0 Å². The Bertz CT molecular complexity index is 366. The highest BCUT2D eigenvalue weighted by Crippen LogP contribution is 2.34. The van der Waals surface area contributed by atoms with E-state index < -0.39 is 0 Å². The Morgan fingerprint density at radius 3 is 2.61 bits per heavy atom. The minimum atomic E-state index is 0. The van der Waals surface area contributed by atoms with Crippen molar-refractivity contribution >= 4 is 41.7 Å². The summed E-state index contributed by atoms with van der Waals surface area (Å²) in [5.74, 6) is 3.33. The number of nitrogens with one attached hydrogen (secondary N) is 2. The molecule has 1 aliphatic heterocycles. The number of hydrogen-bond donors (Lipinski definition) is 2. The maximum atomic E-state index is 4.78. The molecule has 4 nitrogen and oxygen atoms in total. The smallest absolute Gasteiger partial charge is 0.191 e. The lowest BCUT2D eigenvalue weighted by molar-refractivity contribution is 0.256. The summed E-state index contributed by atoms with van der Waals surface area (Å²) in [6.07, 6.45) is 8.45. The van der Waals surface area contributed by atoms with Crippen LogP contribution in [0.15, 0.2) is 4.99 Å². The van der Waals surface area contributed by atoms with Crippen molar-refractivity contribution in [1.29, 1.82) is 0 Å². The van der Waals surface area contributed by atoms with E-state index in [4.69, 9.17) is 4.99 Å². The summed E-state index contributed by atoms with van der Waals surface area (Å²) in [5, 5.41) is 7.67. The number of hydrogen-bond acceptors (Lipinski definition) is 3. The van der Waals surface area contributed by atoms with Gasteiger partial charge in [0.25, 0.3) is 0 Å². The predicted octanol–water partition coefficient (Wildman–Crippen LogP) is 2.93. The highest BCUT2D eigenvalue weighted by molar-refractivity contribution is 14.0. The minimum Gasteiger partial charge on any atom is -0.357 e. The van der Waals surface area contributed by atoms with E-state index in [0.29, 0.717) is 0 Å². The van der Waals surface area contributed by atoms with Crippen LogP contribution >= 0.6 is 35.7 Å². The molecule has 1 unspecified atom stereocenters. The molecule has 2 saturated carbocycles. The molecule has 0 radical (unpaired) electrons. The van der Waals surface area contributed by atoms with Gasteiger partial charge in [0.15, 0.2) is 5.96 Å². The van der Waals surface area contributed by atoms with Gasteiger partial charge in [-0.15, -0.1) is 24.0 Å². The number of nitrogens with zero attached hydrogens (tertiary/aromatic N) is 2. The Kier molecular flexibility index (Phi) is 8.82. The van der Waals surface area contributed by atoms with Gasteiger partial charge in [0, 0.05) is 37.5 Å². The first-order chi connectivity index (χ1) is 10.8. The first kappa shape index (κ1) is 19.6. The van der Waals surface area contributed by atoms with Gasteiger partial charge in [0.2, 0.25) is 0 Å². The van der Waals surface area contributed by atoms with E-state index in [1.165, 1.54) is 57.4 Å². The van der Waals surface area contributed by atoms with Gasteiger partial charge in [-0.1, -0.05) is 0 Å². The number of aliphatic imine (C=N–C) groups is 1. The Labute approximate surface area is 163 Å². The summed E-state index contributed by atoms with van der Waals surface area (Å²) in [6, 6.07) is 0.886. The molecule has 134 valence electrons. The lowest BCUT2D eigenvalue weighted by Crippen LogP contribution is -2.42. The van der Waals surface area contributed by atoms with Crippen LogP contribution < -0.4 is 10.6 Å². The van der Waals surface area contributed by atoms with E-state index in [9.17, 15) is 0 Å². The van der Waals surface area contributed by atoms with Crippen molar-refractivity contribution < 1.29 is 0 Å². The first-order valence-corrected chi connectivity index (χ1v) is 10.3. The SMILES string of the molecule is CCNC(=NCC1CCCS1)NCCN(CC1CC1)C1CC1.I. The number of halogens is 1. The van der Waals surface area contributed by atoms with Gasteiger partial charge in [-0.3, -0.25) is 9.89 Å². The molecule has 0 amide bonds. The molecule has 6 heteroatoms. The fourth-order valence-electron chi connectivity index (χ4n) is 3.14. The molecule has 2 aliphatic carbocycles. The van der Waals surface area contributed by atoms with E-state index in [-0.39, 0.29) is 24.0 Å². The predicted molar refractivity (Wildman–Crippen MR) is 112 cm³/mol. The summed E-state index contributed by atoms with van der Waals surface area (Å²) in [5.41, 5.74) is 0. The van der Waals surface area contributed by atoms with E-state index in [2.05, 4.69) is 34.2 Å². The first-order valence-electron chi connectivity index (χ1n) is 9.23. The van der Waals surface area contributed by atoms with E-state index in [0.717, 1.165) is 42.8 Å². The summed E-state index contributed by atoms with van der Waals surface area (Å²) >= 11 is 2.09. The molecule has 1 heterocycles. The highest BCUT2D eigenvalue weighted by atomic mass is 127. The van der Waals surface area contributed by atoms with Crippen LogP contribution in [0.5, 0.6) is 0 Å². The minimum absolute atomic E-state index is 0. The molecule has 0 spiro atoms. The Morgan fingerprint density at radius 2 is 2.00 bits per heavy atom. The van der Waals surface area contributed by atoms with E-state index in [1.807, 2.05) is 0 Å². The average Bonchev–Trinajstić information content (AvgIpc) is 3.44. The third kappa shape index (κ3) is 7.38. The third-order valence-corrected chi connectivity index (χ3v) is 6.15. The highest BCUT2D eigenvalue weighted by Gasteiger charge is 2.33. The molecule has 3 aliphatic rings. The van der Waals surface area contributed by atoms with Crippen molar-refractivity contribution in [2.24, 2.45) is 10.9 Å². The zero-order valence-corrected chi connectivity index (χ0v) is 17.6. The maximum absolute atomic E-state index is 4.78. The molecule has 23 heavy (non-hydrogen) atoms. The standard InChI is InChI=1S/C17H32N4S.HI/c1-2-18-17(20-12-16-4-3-11-22-16)19-9-10-21(15-7-8-15)13-14-5-6-14;/h14-16H,2-13H2,1H3,(H2,18,19,20);1H. The molecule has 0 bridgehead atoms. The van der Waals surface area contributed by atoms with Crippen molar-refractivity contribution in [2.45, 2.75) is 56.7 Å². The van der Waals surface area contributed by atoms with Gasteiger partial charge in [0.05, 0.1) is 6.54 Å². The summed E-state index contributed by atoms with van der Waals surface area (Å²) < 4.78 is 0. The third-order valence-electron chi connectivity index (χ3n) is 4.77. The van der Waals surface area contributed by atoms with Gasteiger partial charge < -0.3 is 10.6 Å². The topological polar surface area (TPSA) is 39.7 Å². The fourth-order valence-corrected chi connectivity index (χ4v) is 4.32.